The Balaban J connectivity index is 2.28. The Hall–Kier alpha value is -2.73. The van der Waals surface area contributed by atoms with Crippen molar-refractivity contribution in [3.8, 4) is 17.2 Å². The maximum Gasteiger partial charge on any atom is 0.259 e. The lowest BCUT2D eigenvalue weighted by Crippen LogP contribution is -2.14. The van der Waals surface area contributed by atoms with Gasteiger partial charge < -0.3 is 25.3 Å². The monoisotopic (exact) mass is 330 g/mol. The minimum absolute atomic E-state index is 0.0549. The van der Waals surface area contributed by atoms with Crippen molar-refractivity contribution >= 4 is 11.6 Å². The zero-order valence-electron chi connectivity index (χ0n) is 14.3. The van der Waals surface area contributed by atoms with Crippen molar-refractivity contribution in [1.82, 2.24) is 0 Å². The molecule has 24 heavy (non-hydrogen) atoms. The lowest BCUT2D eigenvalue weighted by Gasteiger charge is -2.14. The summed E-state index contributed by atoms with van der Waals surface area (Å²) in [6.07, 6.45) is 0. The highest BCUT2D eigenvalue weighted by atomic mass is 16.5. The van der Waals surface area contributed by atoms with E-state index in [1.807, 2.05) is 31.2 Å². The average Bonchev–Trinajstić information content (AvgIpc) is 2.60. The van der Waals surface area contributed by atoms with Gasteiger partial charge in [-0.05, 0) is 24.6 Å². The highest BCUT2D eigenvalue weighted by Gasteiger charge is 2.18. The molecule has 2 aromatic carbocycles. The Morgan fingerprint density at radius 3 is 2.00 bits per heavy atom. The van der Waals surface area contributed by atoms with Crippen LogP contribution in [0.15, 0.2) is 36.4 Å². The standard InChI is InChI=1S/C18H22N2O4/c1-11(19)12-5-7-13(8-6-12)20-18(21)14-9-16(23-3)17(24-4)10-15(14)22-2/h5-11H,19H2,1-4H3,(H,20,21). The summed E-state index contributed by atoms with van der Waals surface area (Å²) in [6, 6.07) is 10.5. The van der Waals surface area contributed by atoms with Crippen LogP contribution in [0.4, 0.5) is 5.69 Å². The number of anilines is 1. The quantitative estimate of drug-likeness (QED) is 0.851. The van der Waals surface area contributed by atoms with Gasteiger partial charge >= 0.3 is 0 Å². The summed E-state index contributed by atoms with van der Waals surface area (Å²) >= 11 is 0. The van der Waals surface area contributed by atoms with E-state index < -0.39 is 0 Å². The first-order valence-electron chi connectivity index (χ1n) is 7.47. The lowest BCUT2D eigenvalue weighted by molar-refractivity contribution is 0.102. The van der Waals surface area contributed by atoms with Crippen molar-refractivity contribution in [2.24, 2.45) is 5.73 Å². The third-order valence-electron chi connectivity index (χ3n) is 3.64. The predicted octanol–water partition coefficient (Wildman–Crippen LogP) is 2.98. The minimum Gasteiger partial charge on any atom is -0.496 e. The normalized spacial score (nSPS) is 11.5. The number of ether oxygens (including phenoxy) is 3. The zero-order chi connectivity index (χ0) is 17.7. The molecular formula is C18H22N2O4. The molecule has 3 N–H and O–H groups in total. The van der Waals surface area contributed by atoms with Crippen LogP contribution in [0.2, 0.25) is 0 Å². The molecule has 6 nitrogen and oxygen atoms in total. The molecule has 1 unspecified atom stereocenters. The van der Waals surface area contributed by atoms with Crippen molar-refractivity contribution in [2.45, 2.75) is 13.0 Å². The topological polar surface area (TPSA) is 82.8 Å². The Bertz CT molecular complexity index is 712. The molecule has 0 aliphatic heterocycles. The molecule has 0 radical (unpaired) electrons. The van der Waals surface area contributed by atoms with Crippen molar-refractivity contribution in [2.75, 3.05) is 26.6 Å². The van der Waals surface area contributed by atoms with Gasteiger partial charge in [-0.2, -0.15) is 0 Å². The molecule has 0 saturated carbocycles. The molecule has 0 aromatic heterocycles. The van der Waals surface area contributed by atoms with Crippen molar-refractivity contribution in [3.05, 3.63) is 47.5 Å². The van der Waals surface area contributed by atoms with Crippen LogP contribution in [-0.2, 0) is 0 Å². The number of amides is 1. The SMILES string of the molecule is COc1cc(OC)c(C(=O)Nc2ccc(C(C)N)cc2)cc1OC. The number of methoxy groups -OCH3 is 3. The van der Waals surface area contributed by atoms with Gasteiger partial charge in [0.05, 0.1) is 26.9 Å². The fourth-order valence-electron chi connectivity index (χ4n) is 2.28. The molecule has 2 aromatic rings. The molecule has 0 aliphatic rings. The average molecular weight is 330 g/mol. The summed E-state index contributed by atoms with van der Waals surface area (Å²) < 4.78 is 15.7. The van der Waals surface area contributed by atoms with Crippen LogP contribution in [0.25, 0.3) is 0 Å². The predicted molar refractivity (Wildman–Crippen MR) is 93.1 cm³/mol. The summed E-state index contributed by atoms with van der Waals surface area (Å²) in [7, 11) is 4.53. The lowest BCUT2D eigenvalue weighted by atomic mass is 10.1. The first-order chi connectivity index (χ1) is 11.5. The van der Waals surface area contributed by atoms with E-state index in [1.54, 1.807) is 12.1 Å². The van der Waals surface area contributed by atoms with Crippen LogP contribution >= 0.6 is 0 Å². The number of rotatable bonds is 6. The van der Waals surface area contributed by atoms with Crippen molar-refractivity contribution < 1.29 is 19.0 Å². The van der Waals surface area contributed by atoms with E-state index in [1.165, 1.54) is 21.3 Å². The van der Waals surface area contributed by atoms with E-state index in [2.05, 4.69) is 5.32 Å². The van der Waals surface area contributed by atoms with E-state index in [0.29, 0.717) is 28.5 Å². The summed E-state index contributed by atoms with van der Waals surface area (Å²) in [4.78, 5) is 12.6. The van der Waals surface area contributed by atoms with E-state index in [9.17, 15) is 4.79 Å². The number of nitrogens with one attached hydrogen (secondary N) is 1. The first kappa shape index (κ1) is 17.6. The summed E-state index contributed by atoms with van der Waals surface area (Å²) in [6.45, 7) is 1.90. The number of carbonyl (C=O) groups is 1. The fraction of sp³-hybridized carbons (Fsp3) is 0.278. The molecule has 0 saturated heterocycles. The number of hydrogen-bond acceptors (Lipinski definition) is 5. The van der Waals surface area contributed by atoms with Gasteiger partial charge in [0, 0.05) is 23.9 Å². The molecule has 0 fully saturated rings. The number of hydrogen-bond donors (Lipinski definition) is 2. The van der Waals surface area contributed by atoms with E-state index in [-0.39, 0.29) is 11.9 Å². The molecule has 0 aliphatic carbocycles. The molecule has 0 bridgehead atoms. The van der Waals surface area contributed by atoms with Gasteiger partial charge in [0.15, 0.2) is 11.5 Å². The fourth-order valence-corrected chi connectivity index (χ4v) is 2.28. The molecule has 128 valence electrons. The molecule has 1 atom stereocenters. The second-order valence-electron chi connectivity index (χ2n) is 5.27. The molecule has 0 heterocycles. The highest BCUT2D eigenvalue weighted by Crippen LogP contribution is 2.35. The van der Waals surface area contributed by atoms with Gasteiger partial charge in [-0.1, -0.05) is 12.1 Å². The van der Waals surface area contributed by atoms with E-state index in [4.69, 9.17) is 19.9 Å². The Morgan fingerprint density at radius 1 is 0.958 bits per heavy atom. The number of carbonyl (C=O) groups excluding carboxylic acids is 1. The summed E-state index contributed by atoms with van der Waals surface area (Å²) in [5.74, 6) is 1.04. The summed E-state index contributed by atoms with van der Waals surface area (Å²) in [5, 5.41) is 2.83. The van der Waals surface area contributed by atoms with Gasteiger partial charge in [0.2, 0.25) is 0 Å². The molecule has 0 spiro atoms. The highest BCUT2D eigenvalue weighted by molar-refractivity contribution is 6.06. The number of nitrogens with two attached hydrogens (primary N) is 1. The van der Waals surface area contributed by atoms with Crippen LogP contribution in [-0.4, -0.2) is 27.2 Å². The molecular weight excluding hydrogens is 308 g/mol. The summed E-state index contributed by atoms with van der Waals surface area (Å²) in [5.41, 5.74) is 7.84. The zero-order valence-corrected chi connectivity index (χ0v) is 14.3. The van der Waals surface area contributed by atoms with Crippen LogP contribution in [0.5, 0.6) is 17.2 Å². The molecule has 1 amide bonds. The number of benzene rings is 2. The maximum atomic E-state index is 12.6. The van der Waals surface area contributed by atoms with Gasteiger partial charge in [0.25, 0.3) is 5.91 Å². The maximum absolute atomic E-state index is 12.6. The van der Waals surface area contributed by atoms with E-state index >= 15 is 0 Å². The van der Waals surface area contributed by atoms with Crippen LogP contribution in [0.1, 0.15) is 28.9 Å². The Labute approximate surface area is 141 Å². The first-order valence-corrected chi connectivity index (χ1v) is 7.47. The Morgan fingerprint density at radius 2 is 1.50 bits per heavy atom. The van der Waals surface area contributed by atoms with Crippen LogP contribution < -0.4 is 25.3 Å². The van der Waals surface area contributed by atoms with Gasteiger partial charge in [-0.15, -0.1) is 0 Å². The van der Waals surface area contributed by atoms with Crippen LogP contribution in [0.3, 0.4) is 0 Å². The third-order valence-corrected chi connectivity index (χ3v) is 3.64. The second-order valence-corrected chi connectivity index (χ2v) is 5.27. The van der Waals surface area contributed by atoms with Crippen molar-refractivity contribution in [3.63, 3.8) is 0 Å². The van der Waals surface area contributed by atoms with Gasteiger partial charge in [0.1, 0.15) is 5.75 Å². The molecule has 6 heteroatoms. The second kappa shape index (κ2) is 7.70. The van der Waals surface area contributed by atoms with E-state index in [0.717, 1.165) is 5.56 Å². The smallest absolute Gasteiger partial charge is 0.259 e. The Kier molecular flexibility index (Phi) is 5.65. The van der Waals surface area contributed by atoms with Crippen LogP contribution in [0, 0.1) is 0 Å². The van der Waals surface area contributed by atoms with Crippen molar-refractivity contribution in [1.29, 1.82) is 0 Å². The third kappa shape index (κ3) is 3.78. The minimum atomic E-state index is -0.304. The largest absolute Gasteiger partial charge is 0.496 e. The van der Waals surface area contributed by atoms with Gasteiger partial charge in [-0.25, -0.2) is 0 Å². The van der Waals surface area contributed by atoms with Gasteiger partial charge in [-0.3, -0.25) is 4.79 Å². The molecule has 2 rings (SSSR count).